The number of phenolic OH excluding ortho intramolecular Hbond substituents is 1. The fourth-order valence-electron chi connectivity index (χ4n) is 2.07. The third-order valence-corrected chi connectivity index (χ3v) is 4.00. The molecule has 0 unspecified atom stereocenters. The van der Waals surface area contributed by atoms with E-state index in [0.29, 0.717) is 0 Å². The largest absolute Gasteiger partial charge is 0.508 e. The van der Waals surface area contributed by atoms with Crippen LogP contribution in [-0.2, 0) is 0 Å². The molecule has 0 atom stereocenters. The number of benzene rings is 2. The van der Waals surface area contributed by atoms with Gasteiger partial charge in [-0.1, -0.05) is 31.7 Å². The Morgan fingerprint density at radius 2 is 1.84 bits per heavy atom. The Morgan fingerprint density at radius 3 is 2.58 bits per heavy atom. The van der Waals surface area contributed by atoms with Gasteiger partial charge in [-0.2, -0.15) is 0 Å². The zero-order chi connectivity index (χ0) is 14.0. The van der Waals surface area contributed by atoms with Gasteiger partial charge in [-0.15, -0.1) is 0 Å². The molecule has 1 aliphatic heterocycles. The molecule has 1 aliphatic rings. The number of nitrogens with two attached hydrogens (primary N) is 1. The number of anilines is 3. The van der Waals surface area contributed by atoms with Crippen LogP contribution in [0.3, 0.4) is 0 Å². The molecule has 4 heteroatoms. The molecule has 3 rings (SSSR count). The van der Waals surface area contributed by atoms with Crippen LogP contribution in [0.4, 0.5) is 17.1 Å². The second-order valence-corrected chi connectivity index (χ2v) is 5.09. The molecule has 3 nitrogen and oxygen atoms in total. The first-order chi connectivity index (χ1) is 9.16. The summed E-state index contributed by atoms with van der Waals surface area (Å²) in [6.45, 7) is 4.00. The lowest BCUT2D eigenvalue weighted by molar-refractivity contribution is 0.475. The van der Waals surface area contributed by atoms with Gasteiger partial charge in [-0.25, -0.2) is 0 Å². The lowest BCUT2D eigenvalue weighted by atomic mass is 10.2. The maximum Gasteiger partial charge on any atom is 0.117 e. The van der Waals surface area contributed by atoms with Gasteiger partial charge in [0.1, 0.15) is 5.75 Å². The summed E-state index contributed by atoms with van der Waals surface area (Å²) in [7, 11) is 1.97. The summed E-state index contributed by atoms with van der Waals surface area (Å²) in [5, 5.41) is 9.56. The third-order valence-electron chi connectivity index (χ3n) is 2.89. The van der Waals surface area contributed by atoms with E-state index < -0.39 is 0 Å². The lowest BCUT2D eigenvalue weighted by Crippen LogP contribution is -2.16. The Labute approximate surface area is 118 Å². The number of nitrogens with zero attached hydrogens (tertiary/aromatic N) is 1. The molecule has 100 valence electrons. The van der Waals surface area contributed by atoms with Gasteiger partial charge < -0.3 is 15.7 Å². The molecule has 0 aliphatic carbocycles. The maximum atomic E-state index is 9.56. The van der Waals surface area contributed by atoms with Gasteiger partial charge in [0.25, 0.3) is 0 Å². The van der Waals surface area contributed by atoms with Crippen molar-refractivity contribution in [3.05, 3.63) is 36.4 Å². The maximum absolute atomic E-state index is 9.56. The SMILES string of the molecule is CC.CN1c2cc(O)ccc2Sc2cccc(N)c21. The molecule has 1 heterocycles. The van der Waals surface area contributed by atoms with Crippen molar-refractivity contribution >= 4 is 28.8 Å². The van der Waals surface area contributed by atoms with E-state index >= 15 is 0 Å². The molecule has 0 amide bonds. The van der Waals surface area contributed by atoms with Crippen molar-refractivity contribution in [1.82, 2.24) is 0 Å². The van der Waals surface area contributed by atoms with Crippen molar-refractivity contribution in [2.24, 2.45) is 0 Å². The van der Waals surface area contributed by atoms with Gasteiger partial charge in [0, 0.05) is 22.9 Å². The Morgan fingerprint density at radius 1 is 1.11 bits per heavy atom. The van der Waals surface area contributed by atoms with E-state index in [-0.39, 0.29) is 5.75 Å². The Hall–Kier alpha value is -1.81. The first kappa shape index (κ1) is 13.6. The van der Waals surface area contributed by atoms with E-state index in [1.165, 1.54) is 0 Å². The summed E-state index contributed by atoms with van der Waals surface area (Å²) in [5.74, 6) is 0.272. The highest BCUT2D eigenvalue weighted by molar-refractivity contribution is 7.99. The zero-order valence-corrected chi connectivity index (χ0v) is 12.2. The molecule has 0 bridgehead atoms. The molecule has 0 saturated carbocycles. The molecule has 0 radical (unpaired) electrons. The number of para-hydroxylation sites is 1. The normalized spacial score (nSPS) is 12.1. The van der Waals surface area contributed by atoms with Gasteiger partial charge >= 0.3 is 0 Å². The van der Waals surface area contributed by atoms with Crippen molar-refractivity contribution in [1.29, 1.82) is 0 Å². The molecular weight excluding hydrogens is 256 g/mol. The van der Waals surface area contributed by atoms with E-state index in [1.807, 2.05) is 44.0 Å². The standard InChI is InChI=1S/C13H12N2OS.C2H6/c1-15-10-7-8(16)5-6-11(10)17-12-4-2-3-9(14)13(12)15;1-2/h2-7,16H,14H2,1H3;1-2H3. The summed E-state index contributed by atoms with van der Waals surface area (Å²) in [6, 6.07) is 11.3. The molecule has 0 spiro atoms. The van der Waals surface area contributed by atoms with E-state index in [1.54, 1.807) is 23.9 Å². The summed E-state index contributed by atoms with van der Waals surface area (Å²) < 4.78 is 0. The molecule has 19 heavy (non-hydrogen) atoms. The second-order valence-electron chi connectivity index (χ2n) is 4.01. The highest BCUT2D eigenvalue weighted by atomic mass is 32.2. The average Bonchev–Trinajstić information content (AvgIpc) is 2.42. The van der Waals surface area contributed by atoms with Crippen LogP contribution in [-0.4, -0.2) is 12.2 Å². The smallest absolute Gasteiger partial charge is 0.117 e. The van der Waals surface area contributed by atoms with E-state index in [4.69, 9.17) is 5.73 Å². The number of nitrogen functional groups attached to an aromatic ring is 1. The number of phenols is 1. The van der Waals surface area contributed by atoms with E-state index in [9.17, 15) is 5.11 Å². The first-order valence-corrected chi connectivity index (χ1v) is 7.11. The summed E-state index contributed by atoms with van der Waals surface area (Å²) in [6.07, 6.45) is 0. The number of rotatable bonds is 0. The van der Waals surface area contributed by atoms with Crippen LogP contribution in [0.1, 0.15) is 13.8 Å². The predicted molar refractivity (Wildman–Crippen MR) is 82.5 cm³/mol. The topological polar surface area (TPSA) is 49.5 Å². The predicted octanol–water partition coefficient (Wildman–Crippen LogP) is 4.23. The third kappa shape index (κ3) is 2.36. The van der Waals surface area contributed by atoms with E-state index in [2.05, 4.69) is 6.07 Å². The minimum Gasteiger partial charge on any atom is -0.508 e. The average molecular weight is 274 g/mol. The fraction of sp³-hybridized carbons (Fsp3) is 0.200. The molecule has 0 fully saturated rings. The van der Waals surface area contributed by atoms with Crippen LogP contribution in [0.25, 0.3) is 0 Å². The van der Waals surface area contributed by atoms with Crippen molar-refractivity contribution in [3.8, 4) is 5.75 Å². The van der Waals surface area contributed by atoms with Crippen molar-refractivity contribution < 1.29 is 5.11 Å². The van der Waals surface area contributed by atoms with Gasteiger partial charge in [-0.3, -0.25) is 0 Å². The molecular formula is C15H18N2OS. The first-order valence-electron chi connectivity index (χ1n) is 6.30. The fourth-order valence-corrected chi connectivity index (χ4v) is 3.25. The molecule has 3 N–H and O–H groups in total. The molecule has 2 aromatic carbocycles. The second kappa shape index (κ2) is 5.45. The quantitative estimate of drug-likeness (QED) is 0.706. The van der Waals surface area contributed by atoms with Crippen LogP contribution in [0, 0.1) is 0 Å². The summed E-state index contributed by atoms with van der Waals surface area (Å²) >= 11 is 1.68. The molecule has 0 saturated heterocycles. The van der Waals surface area contributed by atoms with Crippen molar-refractivity contribution in [2.45, 2.75) is 23.6 Å². The summed E-state index contributed by atoms with van der Waals surface area (Å²) in [5.41, 5.74) is 8.76. The number of hydrogen-bond donors (Lipinski definition) is 2. The van der Waals surface area contributed by atoms with Crippen LogP contribution >= 0.6 is 11.8 Å². The zero-order valence-electron chi connectivity index (χ0n) is 11.3. The Kier molecular flexibility index (Phi) is 3.90. The van der Waals surface area contributed by atoms with Crippen molar-refractivity contribution in [2.75, 3.05) is 17.7 Å². The summed E-state index contributed by atoms with van der Waals surface area (Å²) in [4.78, 5) is 4.30. The van der Waals surface area contributed by atoms with E-state index in [0.717, 1.165) is 26.9 Å². The minimum atomic E-state index is 0.272. The monoisotopic (exact) mass is 274 g/mol. The Balaban J connectivity index is 0.000000637. The van der Waals surface area contributed by atoms with Crippen LogP contribution in [0.15, 0.2) is 46.2 Å². The Bertz CT molecular complexity index is 599. The van der Waals surface area contributed by atoms with Crippen molar-refractivity contribution in [3.63, 3.8) is 0 Å². The molecule has 2 aromatic rings. The van der Waals surface area contributed by atoms with Gasteiger partial charge in [-0.05, 0) is 24.3 Å². The lowest BCUT2D eigenvalue weighted by Gasteiger charge is -2.30. The number of aromatic hydroxyl groups is 1. The molecule has 0 aromatic heterocycles. The van der Waals surface area contributed by atoms with Gasteiger partial charge in [0.2, 0.25) is 0 Å². The van der Waals surface area contributed by atoms with Crippen LogP contribution in [0.2, 0.25) is 0 Å². The van der Waals surface area contributed by atoms with Crippen LogP contribution < -0.4 is 10.6 Å². The highest BCUT2D eigenvalue weighted by Crippen LogP contribution is 2.50. The highest BCUT2D eigenvalue weighted by Gasteiger charge is 2.22. The number of hydrogen-bond acceptors (Lipinski definition) is 4. The van der Waals surface area contributed by atoms with Crippen LogP contribution in [0.5, 0.6) is 5.75 Å². The van der Waals surface area contributed by atoms with Gasteiger partial charge in [0.05, 0.1) is 17.1 Å². The number of fused-ring (bicyclic) bond motifs is 2. The van der Waals surface area contributed by atoms with Gasteiger partial charge in [0.15, 0.2) is 0 Å². The minimum absolute atomic E-state index is 0.272.